The first-order chi connectivity index (χ1) is 14.6. The smallest absolute Gasteiger partial charge is 0.278 e. The summed E-state index contributed by atoms with van der Waals surface area (Å²) in [4.78, 5) is 28.5. The molecule has 2 amide bonds. The zero-order valence-corrected chi connectivity index (χ0v) is 17.4. The zero-order valence-electron chi connectivity index (χ0n) is 16.5. The van der Waals surface area contributed by atoms with Crippen molar-refractivity contribution in [3.8, 4) is 11.5 Å². The average Bonchev–Trinajstić information content (AvgIpc) is 3.37. The number of imide groups is 1. The predicted molar refractivity (Wildman–Crippen MR) is 116 cm³/mol. The largest absolute Gasteiger partial charge is 0.497 e. The zero-order chi connectivity index (χ0) is 21.1. The second kappa shape index (κ2) is 8.42. The van der Waals surface area contributed by atoms with Crippen LogP contribution < -0.4 is 14.8 Å². The molecule has 4 rings (SSSR count). The van der Waals surface area contributed by atoms with Gasteiger partial charge in [-0.3, -0.25) is 14.5 Å². The van der Waals surface area contributed by atoms with Gasteiger partial charge in [-0.15, -0.1) is 11.3 Å². The van der Waals surface area contributed by atoms with E-state index in [1.54, 1.807) is 32.4 Å². The molecule has 0 bridgehead atoms. The van der Waals surface area contributed by atoms with Gasteiger partial charge < -0.3 is 14.8 Å². The number of anilines is 1. The van der Waals surface area contributed by atoms with Crippen molar-refractivity contribution in [3.63, 3.8) is 0 Å². The van der Waals surface area contributed by atoms with Crippen molar-refractivity contribution in [2.24, 2.45) is 0 Å². The molecule has 0 saturated carbocycles. The lowest BCUT2D eigenvalue weighted by Crippen LogP contribution is -2.31. The first-order valence-electron chi connectivity index (χ1n) is 9.29. The van der Waals surface area contributed by atoms with E-state index in [0.29, 0.717) is 22.8 Å². The third kappa shape index (κ3) is 3.67. The summed E-state index contributed by atoms with van der Waals surface area (Å²) in [6, 6.07) is 18.4. The van der Waals surface area contributed by atoms with Crippen molar-refractivity contribution in [2.75, 3.05) is 19.5 Å². The molecule has 6 nitrogen and oxygen atoms in total. The maximum absolute atomic E-state index is 13.3. The van der Waals surface area contributed by atoms with Gasteiger partial charge in [0.2, 0.25) is 0 Å². The van der Waals surface area contributed by atoms with Crippen molar-refractivity contribution in [1.82, 2.24) is 4.90 Å². The van der Waals surface area contributed by atoms with E-state index in [9.17, 15) is 9.59 Å². The van der Waals surface area contributed by atoms with Crippen LogP contribution in [0.15, 0.2) is 71.7 Å². The van der Waals surface area contributed by atoms with Crippen LogP contribution in [0.1, 0.15) is 10.4 Å². The Balaban J connectivity index is 1.75. The number of amides is 2. The van der Waals surface area contributed by atoms with Gasteiger partial charge in [-0.05, 0) is 29.1 Å². The quantitative estimate of drug-likeness (QED) is 0.582. The minimum atomic E-state index is -0.378. The Kier molecular flexibility index (Phi) is 5.54. The predicted octanol–water partition coefficient (Wildman–Crippen LogP) is 4.16. The topological polar surface area (TPSA) is 67.9 Å². The number of benzene rings is 2. The molecule has 0 unspecified atom stereocenters. The maximum atomic E-state index is 13.3. The van der Waals surface area contributed by atoms with Crippen LogP contribution in [-0.4, -0.2) is 30.9 Å². The number of carbonyl (C=O) groups excluding carboxylic acids is 2. The molecule has 0 aliphatic carbocycles. The van der Waals surface area contributed by atoms with Gasteiger partial charge in [0, 0.05) is 10.9 Å². The van der Waals surface area contributed by atoms with Gasteiger partial charge in [0.05, 0.1) is 32.0 Å². The summed E-state index contributed by atoms with van der Waals surface area (Å²) in [5.74, 6) is 0.442. The van der Waals surface area contributed by atoms with Crippen LogP contribution >= 0.6 is 11.3 Å². The molecule has 1 aromatic heterocycles. The molecule has 3 aromatic rings. The van der Waals surface area contributed by atoms with Crippen LogP contribution in [0.25, 0.3) is 5.57 Å². The van der Waals surface area contributed by atoms with Gasteiger partial charge in [-0.1, -0.05) is 36.4 Å². The van der Waals surface area contributed by atoms with Gasteiger partial charge >= 0.3 is 0 Å². The molecule has 152 valence electrons. The number of methoxy groups -OCH3 is 2. The van der Waals surface area contributed by atoms with Crippen LogP contribution in [-0.2, 0) is 16.1 Å². The Morgan fingerprint density at radius 2 is 1.73 bits per heavy atom. The van der Waals surface area contributed by atoms with Gasteiger partial charge in [-0.2, -0.15) is 0 Å². The van der Waals surface area contributed by atoms with E-state index < -0.39 is 0 Å². The summed E-state index contributed by atoms with van der Waals surface area (Å²) in [7, 11) is 3.11. The van der Waals surface area contributed by atoms with E-state index >= 15 is 0 Å². The maximum Gasteiger partial charge on any atom is 0.278 e. The van der Waals surface area contributed by atoms with E-state index in [0.717, 1.165) is 10.4 Å². The fraction of sp³-hybridized carbons (Fsp3) is 0.130. The molecule has 0 atom stereocenters. The molecule has 1 aliphatic rings. The highest BCUT2D eigenvalue weighted by molar-refractivity contribution is 7.11. The number of ether oxygens (including phenoxy) is 2. The van der Waals surface area contributed by atoms with Crippen LogP contribution in [0, 0.1) is 0 Å². The normalized spacial score (nSPS) is 13.7. The number of carbonyl (C=O) groups is 2. The molecule has 1 aliphatic heterocycles. The Morgan fingerprint density at radius 1 is 0.933 bits per heavy atom. The number of rotatable bonds is 7. The lowest BCUT2D eigenvalue weighted by Gasteiger charge is -2.16. The highest BCUT2D eigenvalue weighted by atomic mass is 32.1. The van der Waals surface area contributed by atoms with Crippen molar-refractivity contribution in [3.05, 3.63) is 82.2 Å². The summed E-state index contributed by atoms with van der Waals surface area (Å²) in [6.45, 7) is 0.202. The Hall–Kier alpha value is -3.58. The number of hydrogen-bond donors (Lipinski definition) is 1. The van der Waals surface area contributed by atoms with Crippen LogP contribution in [0.2, 0.25) is 0 Å². The molecule has 2 aromatic carbocycles. The fourth-order valence-electron chi connectivity index (χ4n) is 3.30. The minimum Gasteiger partial charge on any atom is -0.497 e. The second-order valence-electron chi connectivity index (χ2n) is 6.60. The molecule has 0 spiro atoms. The first-order valence-corrected chi connectivity index (χ1v) is 10.2. The average molecular weight is 420 g/mol. The van der Waals surface area contributed by atoms with E-state index in [1.165, 1.54) is 16.2 Å². The molecule has 0 saturated heterocycles. The Bertz CT molecular complexity index is 1110. The van der Waals surface area contributed by atoms with E-state index in [2.05, 4.69) is 5.32 Å². The Morgan fingerprint density at radius 3 is 2.40 bits per heavy atom. The first kappa shape index (κ1) is 19.7. The highest BCUT2D eigenvalue weighted by Gasteiger charge is 2.40. The van der Waals surface area contributed by atoms with Gasteiger partial charge in [-0.25, -0.2) is 0 Å². The second-order valence-corrected chi connectivity index (χ2v) is 7.55. The van der Waals surface area contributed by atoms with Crippen LogP contribution in [0.3, 0.4) is 0 Å². The molecule has 2 heterocycles. The highest BCUT2D eigenvalue weighted by Crippen LogP contribution is 2.36. The van der Waals surface area contributed by atoms with Gasteiger partial charge in [0.25, 0.3) is 11.8 Å². The number of thiophene rings is 1. The molecular formula is C23H20N2O4S. The van der Waals surface area contributed by atoms with Crippen LogP contribution in [0.5, 0.6) is 11.5 Å². The van der Waals surface area contributed by atoms with Crippen molar-refractivity contribution in [1.29, 1.82) is 0 Å². The summed E-state index contributed by atoms with van der Waals surface area (Å²) in [5, 5.41) is 5.02. The van der Waals surface area contributed by atoms with Crippen molar-refractivity contribution < 1.29 is 19.1 Å². The summed E-state index contributed by atoms with van der Waals surface area (Å²) in [5.41, 5.74) is 2.01. The van der Waals surface area contributed by atoms with Crippen molar-refractivity contribution >= 4 is 34.4 Å². The molecule has 1 N–H and O–H groups in total. The van der Waals surface area contributed by atoms with E-state index in [1.807, 2.05) is 47.8 Å². The van der Waals surface area contributed by atoms with Gasteiger partial charge in [0.1, 0.15) is 17.2 Å². The number of hydrogen-bond acceptors (Lipinski definition) is 6. The molecule has 0 radical (unpaired) electrons. The van der Waals surface area contributed by atoms with Crippen LogP contribution in [0.4, 0.5) is 5.69 Å². The lowest BCUT2D eigenvalue weighted by molar-refractivity contribution is -0.137. The third-order valence-electron chi connectivity index (χ3n) is 4.79. The summed E-state index contributed by atoms with van der Waals surface area (Å²) in [6.07, 6.45) is 0. The molecule has 7 heteroatoms. The SMILES string of the molecule is COc1ccc(OC)c(NC2=C(c3cccs3)C(=O)N(Cc3ccccc3)C2=O)c1. The lowest BCUT2D eigenvalue weighted by atomic mass is 10.1. The van der Waals surface area contributed by atoms with Crippen molar-refractivity contribution in [2.45, 2.75) is 6.54 Å². The molecule has 30 heavy (non-hydrogen) atoms. The fourth-order valence-corrected chi connectivity index (χ4v) is 4.07. The summed E-state index contributed by atoms with van der Waals surface area (Å²) < 4.78 is 10.7. The summed E-state index contributed by atoms with van der Waals surface area (Å²) >= 11 is 1.41. The number of nitrogens with one attached hydrogen (secondary N) is 1. The molecule has 0 fully saturated rings. The monoisotopic (exact) mass is 420 g/mol. The van der Waals surface area contributed by atoms with Gasteiger partial charge in [0.15, 0.2) is 0 Å². The standard InChI is InChI=1S/C23H20N2O4S/c1-28-16-10-11-18(29-2)17(13-16)24-21-20(19-9-6-12-30-19)22(26)25(23(21)27)14-15-7-4-3-5-8-15/h3-13,24H,14H2,1-2H3. The Labute approximate surface area is 178 Å². The van der Waals surface area contributed by atoms with E-state index in [4.69, 9.17) is 9.47 Å². The molecular weight excluding hydrogens is 400 g/mol. The minimum absolute atomic E-state index is 0.202. The number of nitrogens with zero attached hydrogens (tertiary/aromatic N) is 1. The van der Waals surface area contributed by atoms with E-state index in [-0.39, 0.29) is 24.1 Å². The third-order valence-corrected chi connectivity index (χ3v) is 5.67.